The Bertz CT molecular complexity index is 1040. The standard InChI is InChI=1S/C17H17BN4O5S/c1-9-4-5-22(2)12(9)15-20-21-17(28-15)19-14(23)11-8-10(18)13(16(24)27-11)26-7-6-25-3/h4-5,8H,6-7H2,1-3H3,(H,19,21,23). The van der Waals surface area contributed by atoms with Gasteiger partial charge in [0.1, 0.15) is 14.5 Å². The van der Waals surface area contributed by atoms with E-state index in [-0.39, 0.29) is 35.3 Å². The monoisotopic (exact) mass is 400 g/mol. The Morgan fingerprint density at radius 1 is 1.39 bits per heavy atom. The van der Waals surface area contributed by atoms with Crippen LogP contribution in [0.4, 0.5) is 5.13 Å². The van der Waals surface area contributed by atoms with Gasteiger partial charge in [-0.2, -0.15) is 0 Å². The first-order valence-electron chi connectivity index (χ1n) is 8.23. The Labute approximate surface area is 165 Å². The number of rotatable bonds is 7. The van der Waals surface area contributed by atoms with Crippen molar-refractivity contribution < 1.29 is 18.7 Å². The molecule has 3 rings (SSSR count). The second kappa shape index (κ2) is 8.40. The maximum Gasteiger partial charge on any atom is 0.378 e. The smallest absolute Gasteiger partial charge is 0.378 e. The third-order valence-electron chi connectivity index (χ3n) is 3.82. The molecule has 144 valence electrons. The zero-order valence-corrected chi connectivity index (χ0v) is 16.3. The average Bonchev–Trinajstić information content (AvgIpc) is 3.23. The predicted octanol–water partition coefficient (Wildman–Crippen LogP) is 0.877. The molecule has 0 aromatic carbocycles. The summed E-state index contributed by atoms with van der Waals surface area (Å²) in [5, 5.41) is 11.5. The van der Waals surface area contributed by atoms with Crippen molar-refractivity contribution in [1.82, 2.24) is 14.8 Å². The van der Waals surface area contributed by atoms with Crippen LogP contribution in [0.15, 0.2) is 27.5 Å². The van der Waals surface area contributed by atoms with Crippen LogP contribution in [0.2, 0.25) is 0 Å². The van der Waals surface area contributed by atoms with Crippen molar-refractivity contribution in [3.05, 3.63) is 40.1 Å². The fourth-order valence-electron chi connectivity index (χ4n) is 2.48. The molecule has 0 aliphatic rings. The van der Waals surface area contributed by atoms with Crippen LogP contribution in [0.1, 0.15) is 16.1 Å². The van der Waals surface area contributed by atoms with Crippen molar-refractivity contribution >= 4 is 35.7 Å². The largest absolute Gasteiger partial charge is 0.484 e. The van der Waals surface area contributed by atoms with E-state index in [0.717, 1.165) is 11.3 Å². The highest BCUT2D eigenvalue weighted by Crippen LogP contribution is 2.29. The summed E-state index contributed by atoms with van der Waals surface area (Å²) in [7, 11) is 9.20. The first-order valence-corrected chi connectivity index (χ1v) is 9.05. The summed E-state index contributed by atoms with van der Waals surface area (Å²) in [6, 6.07) is 3.19. The molecule has 0 unspecified atom stereocenters. The maximum atomic E-state index is 12.4. The van der Waals surface area contributed by atoms with Gasteiger partial charge < -0.3 is 18.5 Å². The number of ether oxygens (including phenoxy) is 2. The number of amides is 1. The van der Waals surface area contributed by atoms with Crippen molar-refractivity contribution in [2.75, 3.05) is 25.6 Å². The van der Waals surface area contributed by atoms with Gasteiger partial charge in [-0.15, -0.1) is 10.2 Å². The van der Waals surface area contributed by atoms with Gasteiger partial charge in [-0.25, -0.2) is 4.79 Å². The van der Waals surface area contributed by atoms with Crippen LogP contribution in [0, 0.1) is 6.92 Å². The van der Waals surface area contributed by atoms with Crippen molar-refractivity contribution in [1.29, 1.82) is 0 Å². The van der Waals surface area contributed by atoms with Crippen molar-refractivity contribution in [2.24, 2.45) is 7.05 Å². The number of aryl methyl sites for hydroxylation is 2. The van der Waals surface area contributed by atoms with Gasteiger partial charge in [0.25, 0.3) is 5.91 Å². The Balaban J connectivity index is 1.76. The molecule has 0 atom stereocenters. The highest BCUT2D eigenvalue weighted by atomic mass is 32.1. The summed E-state index contributed by atoms with van der Waals surface area (Å²) in [6.07, 6.45) is 1.91. The van der Waals surface area contributed by atoms with Gasteiger partial charge in [-0.05, 0) is 30.1 Å². The lowest BCUT2D eigenvalue weighted by Crippen LogP contribution is -2.24. The van der Waals surface area contributed by atoms with Crippen LogP contribution >= 0.6 is 11.3 Å². The number of carbonyl (C=O) groups excluding carboxylic acids is 1. The number of hydrogen-bond acceptors (Lipinski definition) is 8. The lowest BCUT2D eigenvalue weighted by molar-refractivity contribution is 0.0990. The van der Waals surface area contributed by atoms with Gasteiger partial charge >= 0.3 is 5.63 Å². The van der Waals surface area contributed by atoms with Gasteiger partial charge in [0.15, 0.2) is 16.5 Å². The molecule has 3 heterocycles. The van der Waals surface area contributed by atoms with E-state index < -0.39 is 11.5 Å². The Kier molecular flexibility index (Phi) is 5.95. The zero-order valence-electron chi connectivity index (χ0n) is 15.5. The quantitative estimate of drug-likeness (QED) is 0.463. The molecule has 0 aliphatic carbocycles. The van der Waals surface area contributed by atoms with Crippen molar-refractivity contribution in [3.63, 3.8) is 0 Å². The molecule has 0 bridgehead atoms. The molecule has 0 saturated carbocycles. The topological polar surface area (TPSA) is 108 Å². The van der Waals surface area contributed by atoms with Gasteiger partial charge in [0, 0.05) is 20.4 Å². The molecule has 3 aromatic rings. The van der Waals surface area contributed by atoms with E-state index in [9.17, 15) is 9.59 Å². The van der Waals surface area contributed by atoms with Gasteiger partial charge in [-0.1, -0.05) is 11.3 Å². The fraction of sp³-hybridized carbons (Fsp3) is 0.294. The van der Waals surface area contributed by atoms with E-state index in [4.69, 9.17) is 21.7 Å². The van der Waals surface area contributed by atoms with Crippen molar-refractivity contribution in [3.8, 4) is 16.5 Å². The number of methoxy groups -OCH3 is 1. The van der Waals surface area contributed by atoms with Crippen LogP contribution in [0.5, 0.6) is 5.75 Å². The summed E-state index contributed by atoms with van der Waals surface area (Å²) in [6.45, 7) is 2.37. The van der Waals surface area contributed by atoms with Crippen LogP contribution < -0.4 is 21.1 Å². The van der Waals surface area contributed by atoms with Gasteiger partial charge in [-0.3, -0.25) is 10.1 Å². The predicted molar refractivity (Wildman–Crippen MR) is 105 cm³/mol. The normalized spacial score (nSPS) is 10.8. The maximum absolute atomic E-state index is 12.4. The number of carbonyl (C=O) groups is 1. The molecule has 28 heavy (non-hydrogen) atoms. The van der Waals surface area contributed by atoms with E-state index in [0.29, 0.717) is 5.01 Å². The van der Waals surface area contributed by atoms with Gasteiger partial charge in [0.05, 0.1) is 12.3 Å². The number of hydrogen-bond donors (Lipinski definition) is 1. The molecule has 1 N–H and O–H groups in total. The minimum atomic E-state index is -0.848. The summed E-state index contributed by atoms with van der Waals surface area (Å²) in [4.78, 5) is 24.4. The summed E-state index contributed by atoms with van der Waals surface area (Å²) >= 11 is 1.20. The Morgan fingerprint density at radius 3 is 2.82 bits per heavy atom. The van der Waals surface area contributed by atoms with Crippen molar-refractivity contribution in [2.45, 2.75) is 6.92 Å². The lowest BCUT2D eigenvalue weighted by atomic mass is 9.96. The minimum absolute atomic E-state index is 0.00473. The molecular weight excluding hydrogens is 383 g/mol. The fourth-order valence-corrected chi connectivity index (χ4v) is 3.38. The average molecular weight is 400 g/mol. The van der Waals surface area contributed by atoms with Crippen LogP contribution in [0.3, 0.4) is 0 Å². The van der Waals surface area contributed by atoms with E-state index >= 15 is 0 Å². The molecule has 9 nitrogen and oxygen atoms in total. The first kappa shape index (κ1) is 19.8. The Hall–Kier alpha value is -2.92. The van der Waals surface area contributed by atoms with E-state index in [1.165, 1.54) is 24.5 Å². The second-order valence-electron chi connectivity index (χ2n) is 5.85. The Morgan fingerprint density at radius 2 is 2.18 bits per heavy atom. The van der Waals surface area contributed by atoms with E-state index in [1.54, 1.807) is 0 Å². The molecule has 1 amide bonds. The number of nitrogens with one attached hydrogen (secondary N) is 1. The minimum Gasteiger partial charge on any atom is -0.484 e. The van der Waals surface area contributed by atoms with Crippen LogP contribution in [-0.4, -0.2) is 48.8 Å². The van der Waals surface area contributed by atoms with E-state index in [1.807, 2.05) is 30.8 Å². The molecule has 2 radical (unpaired) electrons. The third-order valence-corrected chi connectivity index (χ3v) is 4.66. The first-order chi connectivity index (χ1) is 13.4. The second-order valence-corrected chi connectivity index (χ2v) is 6.83. The van der Waals surface area contributed by atoms with Crippen LogP contribution in [0.25, 0.3) is 10.7 Å². The molecule has 3 aromatic heterocycles. The summed E-state index contributed by atoms with van der Waals surface area (Å²) in [5.41, 5.74) is 1.10. The third kappa shape index (κ3) is 4.15. The molecule has 0 saturated heterocycles. The zero-order chi connectivity index (χ0) is 20.3. The van der Waals surface area contributed by atoms with Gasteiger partial charge in [0.2, 0.25) is 5.13 Å². The van der Waals surface area contributed by atoms with Crippen LogP contribution in [-0.2, 0) is 11.8 Å². The lowest BCUT2D eigenvalue weighted by Gasteiger charge is -2.08. The molecule has 0 aliphatic heterocycles. The summed E-state index contributed by atoms with van der Waals surface area (Å²) in [5.74, 6) is -1.09. The SMILES string of the molecule is [B]c1cc(C(=O)Nc2nnc(-c3c(C)ccn3C)s2)oc(=O)c1OCCOC. The molecule has 0 spiro atoms. The molecule has 11 heteroatoms. The number of anilines is 1. The summed E-state index contributed by atoms with van der Waals surface area (Å²) < 4.78 is 17.0. The van der Waals surface area contributed by atoms with E-state index in [2.05, 4.69) is 15.5 Å². The molecular formula is C17H17BN4O5S. The number of aromatic nitrogens is 3. The highest BCUT2D eigenvalue weighted by molar-refractivity contribution is 7.18. The number of nitrogens with zero attached hydrogens (tertiary/aromatic N) is 3. The molecule has 0 fully saturated rings. The highest BCUT2D eigenvalue weighted by Gasteiger charge is 2.18.